The third-order valence-electron chi connectivity index (χ3n) is 4.59. The van der Waals surface area contributed by atoms with Gasteiger partial charge in [-0.25, -0.2) is 0 Å². The van der Waals surface area contributed by atoms with Crippen molar-refractivity contribution >= 4 is 15.9 Å². The van der Waals surface area contributed by atoms with Crippen LogP contribution >= 0.6 is 15.9 Å². The number of hydrogen-bond acceptors (Lipinski definition) is 2. The van der Waals surface area contributed by atoms with Gasteiger partial charge in [0, 0.05) is 44.6 Å². The van der Waals surface area contributed by atoms with Crippen LogP contribution in [-0.4, -0.2) is 54.4 Å². The molecule has 18 heavy (non-hydrogen) atoms. The third-order valence-corrected chi connectivity index (χ3v) is 5.78. The fraction of sp³-hybridized carbons (Fsp3) is 1.00. The molecular formula is C15H29BrN2. The van der Waals surface area contributed by atoms with E-state index in [0.717, 1.165) is 5.92 Å². The average Bonchev–Trinajstić information content (AvgIpc) is 2.80. The molecule has 0 unspecified atom stereocenters. The highest BCUT2D eigenvalue weighted by Crippen LogP contribution is 2.40. The monoisotopic (exact) mass is 316 g/mol. The molecule has 106 valence electrons. The van der Waals surface area contributed by atoms with Gasteiger partial charge in [0.1, 0.15) is 0 Å². The molecule has 3 heteroatoms. The second-order valence-corrected chi connectivity index (χ2v) is 7.37. The van der Waals surface area contributed by atoms with Crippen molar-refractivity contribution in [2.75, 3.05) is 44.6 Å². The summed E-state index contributed by atoms with van der Waals surface area (Å²) in [6.45, 7) is 12.4. The number of rotatable bonds is 5. The van der Waals surface area contributed by atoms with E-state index in [2.05, 4.69) is 39.6 Å². The van der Waals surface area contributed by atoms with Gasteiger partial charge >= 0.3 is 0 Å². The quantitative estimate of drug-likeness (QED) is 0.719. The highest BCUT2D eigenvalue weighted by atomic mass is 79.9. The smallest absolute Gasteiger partial charge is 0.0110 e. The molecule has 0 atom stereocenters. The summed E-state index contributed by atoms with van der Waals surface area (Å²) in [7, 11) is 0. The Morgan fingerprint density at radius 2 is 1.56 bits per heavy atom. The van der Waals surface area contributed by atoms with E-state index in [9.17, 15) is 0 Å². The first-order valence-electron chi connectivity index (χ1n) is 7.64. The first-order valence-corrected chi connectivity index (χ1v) is 8.76. The Balaban J connectivity index is 1.76. The van der Waals surface area contributed by atoms with E-state index < -0.39 is 0 Å². The summed E-state index contributed by atoms with van der Waals surface area (Å²) in [5, 5.41) is 1.20. The molecule has 0 bridgehead atoms. The minimum absolute atomic E-state index is 0.597. The Morgan fingerprint density at radius 1 is 1.00 bits per heavy atom. The lowest BCUT2D eigenvalue weighted by atomic mass is 9.88. The molecule has 0 spiro atoms. The zero-order chi connectivity index (χ0) is 13.0. The van der Waals surface area contributed by atoms with Gasteiger partial charge in [-0.2, -0.15) is 0 Å². The molecule has 0 aromatic carbocycles. The van der Waals surface area contributed by atoms with Gasteiger partial charge < -0.3 is 9.80 Å². The molecule has 1 aliphatic heterocycles. The summed E-state index contributed by atoms with van der Waals surface area (Å²) in [6.07, 6.45) is 5.76. The Hall–Kier alpha value is 0.400. The van der Waals surface area contributed by atoms with Crippen LogP contribution in [0.25, 0.3) is 0 Å². The topological polar surface area (TPSA) is 6.48 Å². The van der Waals surface area contributed by atoms with Gasteiger partial charge in [-0.1, -0.05) is 42.6 Å². The van der Waals surface area contributed by atoms with E-state index in [1.165, 1.54) is 70.3 Å². The minimum atomic E-state index is 0.597. The third kappa shape index (κ3) is 3.94. The highest BCUT2D eigenvalue weighted by Gasteiger charge is 2.35. The zero-order valence-corrected chi connectivity index (χ0v) is 13.7. The van der Waals surface area contributed by atoms with Gasteiger partial charge in [0.15, 0.2) is 0 Å². The average molecular weight is 317 g/mol. The molecule has 2 nitrogen and oxygen atoms in total. The molecule has 1 saturated heterocycles. The maximum absolute atomic E-state index is 3.77. The van der Waals surface area contributed by atoms with Gasteiger partial charge in [-0.3, -0.25) is 0 Å². The molecule has 0 aromatic heterocycles. The van der Waals surface area contributed by atoms with Gasteiger partial charge in [0.05, 0.1) is 0 Å². The summed E-state index contributed by atoms with van der Waals surface area (Å²) in [5.74, 6) is 0.806. The zero-order valence-electron chi connectivity index (χ0n) is 12.1. The molecule has 0 aromatic rings. The second kappa shape index (κ2) is 6.71. The van der Waals surface area contributed by atoms with E-state index in [4.69, 9.17) is 0 Å². The van der Waals surface area contributed by atoms with Crippen molar-refractivity contribution in [2.24, 2.45) is 11.3 Å². The molecule has 0 radical (unpaired) electrons. The maximum Gasteiger partial charge on any atom is 0.0110 e. The molecular weight excluding hydrogens is 288 g/mol. The summed E-state index contributed by atoms with van der Waals surface area (Å²) < 4.78 is 0. The Labute approximate surface area is 121 Å². The van der Waals surface area contributed by atoms with Crippen LogP contribution in [0.3, 0.4) is 0 Å². The fourth-order valence-corrected chi connectivity index (χ4v) is 4.32. The molecule has 1 aliphatic carbocycles. The van der Waals surface area contributed by atoms with Crippen LogP contribution < -0.4 is 0 Å². The molecule has 2 rings (SSSR count). The van der Waals surface area contributed by atoms with Gasteiger partial charge in [-0.15, -0.1) is 0 Å². The van der Waals surface area contributed by atoms with Crippen molar-refractivity contribution in [3.05, 3.63) is 0 Å². The highest BCUT2D eigenvalue weighted by molar-refractivity contribution is 9.09. The number of alkyl halides is 1. The molecule has 0 N–H and O–H groups in total. The normalized spacial score (nSPS) is 26.0. The molecule has 1 saturated carbocycles. The van der Waals surface area contributed by atoms with Crippen molar-refractivity contribution in [1.29, 1.82) is 0 Å². The van der Waals surface area contributed by atoms with E-state index in [0.29, 0.717) is 5.41 Å². The van der Waals surface area contributed by atoms with Crippen LogP contribution in [0.15, 0.2) is 0 Å². The van der Waals surface area contributed by atoms with E-state index in [-0.39, 0.29) is 0 Å². The standard InChI is InChI=1S/C15H29BrN2/c1-14(2)11-17-7-9-18(10-8-17)13-15(12-16)5-3-4-6-15/h14H,3-13H2,1-2H3. The molecule has 1 heterocycles. The second-order valence-electron chi connectivity index (χ2n) is 6.81. The van der Waals surface area contributed by atoms with Crippen LogP contribution in [0.4, 0.5) is 0 Å². The minimum Gasteiger partial charge on any atom is -0.301 e. The van der Waals surface area contributed by atoms with Crippen LogP contribution in [0.5, 0.6) is 0 Å². The van der Waals surface area contributed by atoms with Crippen LogP contribution in [0, 0.1) is 11.3 Å². The van der Waals surface area contributed by atoms with E-state index in [1.54, 1.807) is 0 Å². The first kappa shape index (κ1) is 14.8. The van der Waals surface area contributed by atoms with Gasteiger partial charge in [-0.05, 0) is 24.2 Å². The van der Waals surface area contributed by atoms with E-state index >= 15 is 0 Å². The SMILES string of the molecule is CC(C)CN1CCN(CC2(CBr)CCCC2)CC1. The summed E-state index contributed by atoms with van der Waals surface area (Å²) in [4.78, 5) is 5.35. The van der Waals surface area contributed by atoms with Gasteiger partial charge in [0.25, 0.3) is 0 Å². The van der Waals surface area contributed by atoms with Crippen molar-refractivity contribution < 1.29 is 0 Å². The van der Waals surface area contributed by atoms with E-state index in [1.807, 2.05) is 0 Å². The molecule has 2 fully saturated rings. The largest absolute Gasteiger partial charge is 0.301 e. The maximum atomic E-state index is 3.77. The van der Waals surface area contributed by atoms with Crippen LogP contribution in [0.2, 0.25) is 0 Å². The number of nitrogens with zero attached hydrogens (tertiary/aromatic N) is 2. The lowest BCUT2D eigenvalue weighted by molar-refractivity contribution is 0.0886. The van der Waals surface area contributed by atoms with Crippen molar-refractivity contribution in [3.8, 4) is 0 Å². The van der Waals surface area contributed by atoms with Crippen molar-refractivity contribution in [1.82, 2.24) is 9.80 Å². The fourth-order valence-electron chi connectivity index (χ4n) is 3.58. The number of halogens is 1. The number of piperazine rings is 1. The lowest BCUT2D eigenvalue weighted by Crippen LogP contribution is -2.50. The van der Waals surface area contributed by atoms with Crippen molar-refractivity contribution in [3.63, 3.8) is 0 Å². The summed E-state index contributed by atoms with van der Waals surface area (Å²) in [5.41, 5.74) is 0.597. The van der Waals surface area contributed by atoms with Crippen molar-refractivity contribution in [2.45, 2.75) is 39.5 Å². The summed E-state index contributed by atoms with van der Waals surface area (Å²) >= 11 is 3.77. The first-order chi connectivity index (χ1) is 8.63. The Bertz CT molecular complexity index is 241. The Morgan fingerprint density at radius 3 is 2.06 bits per heavy atom. The van der Waals surface area contributed by atoms with Gasteiger partial charge in [0.2, 0.25) is 0 Å². The number of hydrogen-bond donors (Lipinski definition) is 0. The summed E-state index contributed by atoms with van der Waals surface area (Å²) in [6, 6.07) is 0. The molecule has 0 amide bonds. The lowest BCUT2D eigenvalue weighted by Gasteiger charge is -2.40. The Kier molecular flexibility index (Phi) is 5.52. The molecule has 2 aliphatic rings. The predicted molar refractivity (Wildman–Crippen MR) is 82.4 cm³/mol. The van der Waals surface area contributed by atoms with Crippen LogP contribution in [-0.2, 0) is 0 Å². The van der Waals surface area contributed by atoms with Crippen LogP contribution in [0.1, 0.15) is 39.5 Å². The predicted octanol–water partition coefficient (Wildman–Crippen LogP) is 3.22.